The highest BCUT2D eigenvalue weighted by atomic mass is 16.3. The molecule has 0 atom stereocenters. The van der Waals surface area contributed by atoms with Crippen LogP contribution in [-0.4, -0.2) is 15.1 Å². The Hall–Kier alpha value is -2.62. The van der Waals surface area contributed by atoms with Gasteiger partial charge in [0.2, 0.25) is 5.56 Å². The molecule has 0 amide bonds. The molecule has 0 aliphatic rings. The Balaban J connectivity index is 2.28. The third-order valence-electron chi connectivity index (χ3n) is 2.77. The molecular formula is C14H10N2O2. The molecule has 0 aliphatic heterocycles. The Kier molecular flexibility index (Phi) is 2.34. The first kappa shape index (κ1) is 10.5. The van der Waals surface area contributed by atoms with Gasteiger partial charge in [0.15, 0.2) is 0 Å². The van der Waals surface area contributed by atoms with Gasteiger partial charge in [0.25, 0.3) is 0 Å². The number of phenols is 1. The molecule has 88 valence electrons. The molecule has 18 heavy (non-hydrogen) atoms. The van der Waals surface area contributed by atoms with Crippen LogP contribution in [0.4, 0.5) is 0 Å². The number of benzene rings is 1. The van der Waals surface area contributed by atoms with Crippen LogP contribution in [0.1, 0.15) is 0 Å². The lowest BCUT2D eigenvalue weighted by molar-refractivity contribution is 0.480. The van der Waals surface area contributed by atoms with E-state index < -0.39 is 0 Å². The van der Waals surface area contributed by atoms with Crippen molar-refractivity contribution >= 4 is 10.9 Å². The monoisotopic (exact) mass is 238 g/mol. The van der Waals surface area contributed by atoms with Crippen LogP contribution in [0.3, 0.4) is 0 Å². The number of hydrogen-bond acceptors (Lipinski definition) is 3. The minimum Gasteiger partial charge on any atom is -0.506 e. The fourth-order valence-corrected chi connectivity index (χ4v) is 1.93. The zero-order valence-electron chi connectivity index (χ0n) is 9.42. The Morgan fingerprint density at radius 1 is 1.11 bits per heavy atom. The molecule has 0 spiro atoms. The maximum Gasteiger partial charge on any atom is 0.248 e. The summed E-state index contributed by atoms with van der Waals surface area (Å²) < 4.78 is 0. The normalized spacial score (nSPS) is 10.7. The molecule has 3 rings (SSSR count). The quantitative estimate of drug-likeness (QED) is 0.683. The number of aromatic amines is 1. The van der Waals surface area contributed by atoms with Crippen LogP contribution < -0.4 is 5.56 Å². The Morgan fingerprint density at radius 3 is 2.78 bits per heavy atom. The second-order valence-corrected chi connectivity index (χ2v) is 4.00. The number of H-pyrrole nitrogens is 1. The van der Waals surface area contributed by atoms with Crippen molar-refractivity contribution in [1.82, 2.24) is 9.97 Å². The van der Waals surface area contributed by atoms with E-state index in [4.69, 9.17) is 0 Å². The lowest BCUT2D eigenvalue weighted by Crippen LogP contribution is -2.02. The van der Waals surface area contributed by atoms with Gasteiger partial charge in [0.05, 0.1) is 11.2 Å². The van der Waals surface area contributed by atoms with Gasteiger partial charge in [-0.2, -0.15) is 0 Å². The minimum atomic E-state index is -0.233. The summed E-state index contributed by atoms with van der Waals surface area (Å²) in [5, 5.41) is 10.7. The summed E-state index contributed by atoms with van der Waals surface area (Å²) in [5.41, 5.74) is 1.80. The topological polar surface area (TPSA) is 66.0 Å². The van der Waals surface area contributed by atoms with Crippen molar-refractivity contribution in [2.24, 2.45) is 0 Å². The SMILES string of the molecule is O=c1ccc2cc(-c3ccccn3)cc(O)c2[nH]1. The highest BCUT2D eigenvalue weighted by Crippen LogP contribution is 2.28. The summed E-state index contributed by atoms with van der Waals surface area (Å²) in [6, 6.07) is 12.2. The molecule has 4 nitrogen and oxygen atoms in total. The Labute approximate surface area is 103 Å². The van der Waals surface area contributed by atoms with Crippen LogP contribution in [0, 0.1) is 0 Å². The number of aromatic hydroxyl groups is 1. The first-order valence-electron chi connectivity index (χ1n) is 5.51. The van der Waals surface area contributed by atoms with Crippen LogP contribution in [0.5, 0.6) is 5.75 Å². The number of fused-ring (bicyclic) bond motifs is 1. The van der Waals surface area contributed by atoms with Crippen molar-refractivity contribution in [3.63, 3.8) is 0 Å². The Bertz CT molecular complexity index is 764. The lowest BCUT2D eigenvalue weighted by Gasteiger charge is -2.05. The van der Waals surface area contributed by atoms with E-state index in [1.54, 1.807) is 18.3 Å². The second-order valence-electron chi connectivity index (χ2n) is 4.00. The number of rotatable bonds is 1. The van der Waals surface area contributed by atoms with Gasteiger partial charge in [-0.25, -0.2) is 0 Å². The van der Waals surface area contributed by atoms with Gasteiger partial charge >= 0.3 is 0 Å². The summed E-state index contributed by atoms with van der Waals surface area (Å²) in [4.78, 5) is 18.1. The fourth-order valence-electron chi connectivity index (χ4n) is 1.93. The van der Waals surface area contributed by atoms with Gasteiger partial charge in [0.1, 0.15) is 5.75 Å². The highest BCUT2D eigenvalue weighted by molar-refractivity contribution is 5.88. The summed E-state index contributed by atoms with van der Waals surface area (Å²) in [7, 11) is 0. The predicted octanol–water partition coefficient (Wildman–Crippen LogP) is 2.30. The molecule has 2 heterocycles. The van der Waals surface area contributed by atoms with Crippen LogP contribution >= 0.6 is 0 Å². The zero-order chi connectivity index (χ0) is 12.5. The molecule has 0 bridgehead atoms. The highest BCUT2D eigenvalue weighted by Gasteiger charge is 2.06. The molecule has 0 saturated heterocycles. The molecule has 0 aliphatic carbocycles. The molecule has 0 radical (unpaired) electrons. The first-order valence-corrected chi connectivity index (χ1v) is 5.51. The number of pyridine rings is 2. The van der Waals surface area contributed by atoms with Crippen LogP contribution in [0.2, 0.25) is 0 Å². The zero-order valence-corrected chi connectivity index (χ0v) is 9.42. The van der Waals surface area contributed by atoms with E-state index in [-0.39, 0.29) is 11.3 Å². The van der Waals surface area contributed by atoms with E-state index in [0.29, 0.717) is 5.52 Å². The summed E-state index contributed by atoms with van der Waals surface area (Å²) in [6.07, 6.45) is 1.70. The number of phenolic OH excluding ortho intramolecular Hbond substituents is 1. The number of aromatic nitrogens is 2. The first-order chi connectivity index (χ1) is 8.74. The average molecular weight is 238 g/mol. The smallest absolute Gasteiger partial charge is 0.248 e. The lowest BCUT2D eigenvalue weighted by atomic mass is 10.1. The third-order valence-corrected chi connectivity index (χ3v) is 2.77. The summed E-state index contributed by atoms with van der Waals surface area (Å²) in [5.74, 6) is 0.0471. The average Bonchev–Trinajstić information content (AvgIpc) is 2.40. The van der Waals surface area contributed by atoms with Crippen molar-refractivity contribution in [3.05, 3.63) is 59.0 Å². The largest absolute Gasteiger partial charge is 0.506 e. The molecule has 0 saturated carbocycles. The number of nitrogens with zero attached hydrogens (tertiary/aromatic N) is 1. The predicted molar refractivity (Wildman–Crippen MR) is 69.5 cm³/mol. The summed E-state index contributed by atoms with van der Waals surface area (Å²) >= 11 is 0. The molecule has 3 aromatic rings. The van der Waals surface area contributed by atoms with E-state index in [0.717, 1.165) is 16.6 Å². The molecule has 2 N–H and O–H groups in total. The van der Waals surface area contributed by atoms with Gasteiger partial charge in [-0.3, -0.25) is 9.78 Å². The van der Waals surface area contributed by atoms with Crippen LogP contribution in [0.25, 0.3) is 22.2 Å². The maximum absolute atomic E-state index is 11.2. The second kappa shape index (κ2) is 4.00. The molecule has 4 heteroatoms. The van der Waals surface area contributed by atoms with E-state index in [9.17, 15) is 9.90 Å². The van der Waals surface area contributed by atoms with Gasteiger partial charge < -0.3 is 10.1 Å². The molecule has 2 aromatic heterocycles. The maximum atomic E-state index is 11.2. The summed E-state index contributed by atoms with van der Waals surface area (Å²) in [6.45, 7) is 0. The molecule has 1 aromatic carbocycles. The van der Waals surface area contributed by atoms with Crippen LogP contribution in [0.15, 0.2) is 53.5 Å². The van der Waals surface area contributed by atoms with Crippen molar-refractivity contribution in [1.29, 1.82) is 0 Å². The van der Waals surface area contributed by atoms with Crippen molar-refractivity contribution in [3.8, 4) is 17.0 Å². The molecular weight excluding hydrogens is 228 g/mol. The number of hydrogen-bond donors (Lipinski definition) is 2. The van der Waals surface area contributed by atoms with Gasteiger partial charge in [-0.1, -0.05) is 6.07 Å². The third kappa shape index (κ3) is 1.73. The van der Waals surface area contributed by atoms with E-state index >= 15 is 0 Å². The van der Waals surface area contributed by atoms with E-state index in [1.165, 1.54) is 6.07 Å². The van der Waals surface area contributed by atoms with Gasteiger partial charge in [-0.05, 0) is 30.3 Å². The Morgan fingerprint density at radius 2 is 2.00 bits per heavy atom. The van der Waals surface area contributed by atoms with Crippen molar-refractivity contribution < 1.29 is 5.11 Å². The van der Waals surface area contributed by atoms with E-state index in [2.05, 4.69) is 9.97 Å². The molecule has 0 unspecified atom stereocenters. The standard InChI is InChI=1S/C14H10N2O2/c17-12-8-10(11-3-1-2-6-15-11)7-9-4-5-13(18)16-14(9)12/h1-8,17H,(H,16,18). The van der Waals surface area contributed by atoms with Crippen molar-refractivity contribution in [2.75, 3.05) is 0 Å². The van der Waals surface area contributed by atoms with Crippen LogP contribution in [-0.2, 0) is 0 Å². The van der Waals surface area contributed by atoms with Gasteiger partial charge in [-0.15, -0.1) is 0 Å². The number of nitrogens with one attached hydrogen (secondary N) is 1. The molecule has 0 fully saturated rings. The fraction of sp³-hybridized carbons (Fsp3) is 0. The van der Waals surface area contributed by atoms with E-state index in [1.807, 2.05) is 24.3 Å². The van der Waals surface area contributed by atoms with Crippen molar-refractivity contribution in [2.45, 2.75) is 0 Å². The van der Waals surface area contributed by atoms with Gasteiger partial charge in [0, 0.05) is 23.2 Å². The minimum absolute atomic E-state index is 0.0471.